The summed E-state index contributed by atoms with van der Waals surface area (Å²) in [6, 6.07) is 1.78. The molecule has 3 aromatic heterocycles. The van der Waals surface area contributed by atoms with Crippen molar-refractivity contribution in [1.29, 1.82) is 0 Å². The second-order valence-electron chi connectivity index (χ2n) is 6.19. The highest BCUT2D eigenvalue weighted by molar-refractivity contribution is 6.04. The molecule has 3 aromatic rings. The van der Waals surface area contributed by atoms with E-state index in [1.807, 2.05) is 0 Å². The number of hydrogen-bond donors (Lipinski definition) is 4. The van der Waals surface area contributed by atoms with Crippen molar-refractivity contribution in [2.75, 3.05) is 6.61 Å². The molecular formula is C16H18N4O4. The number of aromatic nitrogens is 4. The van der Waals surface area contributed by atoms with Crippen molar-refractivity contribution in [2.24, 2.45) is 0 Å². The van der Waals surface area contributed by atoms with Gasteiger partial charge in [0.2, 0.25) is 0 Å². The Hall–Kier alpha value is -2.26. The topological polar surface area (TPSA) is 116 Å². The molecule has 1 saturated heterocycles. The summed E-state index contributed by atoms with van der Waals surface area (Å²) in [4.78, 5) is 11.5. The molecule has 24 heavy (non-hydrogen) atoms. The van der Waals surface area contributed by atoms with Crippen LogP contribution in [0.4, 0.5) is 0 Å². The maximum absolute atomic E-state index is 10.7. The Labute approximate surface area is 138 Å². The minimum Gasteiger partial charge on any atom is -0.394 e. The van der Waals surface area contributed by atoms with Gasteiger partial charge < -0.3 is 29.6 Å². The van der Waals surface area contributed by atoms with Crippen molar-refractivity contribution >= 4 is 28.6 Å². The molecular weight excluding hydrogens is 312 g/mol. The van der Waals surface area contributed by atoms with Crippen LogP contribution < -0.4 is 5.35 Å². The molecule has 4 atom stereocenters. The first-order chi connectivity index (χ1) is 11.8. The van der Waals surface area contributed by atoms with Crippen LogP contribution >= 0.6 is 0 Å². The number of rotatable bonds is 2. The van der Waals surface area contributed by atoms with Crippen LogP contribution in [0, 0.1) is 0 Å². The average Bonchev–Trinajstić information content (AvgIpc) is 3.00. The van der Waals surface area contributed by atoms with Gasteiger partial charge in [0.1, 0.15) is 35.4 Å². The Bertz CT molecular complexity index is 1030. The molecule has 4 rings (SSSR count). The van der Waals surface area contributed by atoms with Gasteiger partial charge in [-0.1, -0.05) is 12.6 Å². The number of hydrogen-bond acceptors (Lipinski definition) is 6. The van der Waals surface area contributed by atoms with Crippen molar-refractivity contribution in [3.63, 3.8) is 0 Å². The number of aliphatic hydroxyl groups excluding tert-OH is 2. The van der Waals surface area contributed by atoms with E-state index in [9.17, 15) is 15.3 Å². The number of nitrogens with zero attached hydrogens (tertiary/aromatic N) is 3. The molecule has 126 valence electrons. The minimum absolute atomic E-state index is 0.215. The molecule has 1 fully saturated rings. The number of nitrogens with one attached hydrogen (secondary N) is 1. The quantitative estimate of drug-likeness (QED) is 0.508. The first-order valence-corrected chi connectivity index (χ1v) is 7.51. The lowest BCUT2D eigenvalue weighted by Gasteiger charge is -2.27. The van der Waals surface area contributed by atoms with E-state index in [0.29, 0.717) is 27.4 Å². The molecule has 1 unspecified atom stereocenters. The van der Waals surface area contributed by atoms with Gasteiger partial charge in [-0.05, 0) is 13.0 Å². The van der Waals surface area contributed by atoms with Gasteiger partial charge in [-0.15, -0.1) is 0 Å². The molecule has 0 aromatic carbocycles. The zero-order chi connectivity index (χ0) is 17.9. The fraction of sp³-hybridized carbons (Fsp3) is 0.375. The molecule has 0 bridgehead atoms. The van der Waals surface area contributed by atoms with Gasteiger partial charge in [0.15, 0.2) is 6.23 Å². The van der Waals surface area contributed by atoms with Gasteiger partial charge in [-0.3, -0.25) is 0 Å². The van der Waals surface area contributed by atoms with Crippen molar-refractivity contribution in [3.8, 4) is 0 Å². The highest BCUT2D eigenvalue weighted by Gasteiger charge is 2.53. The molecule has 0 amide bonds. The lowest BCUT2D eigenvalue weighted by atomic mass is 9.96. The van der Waals surface area contributed by atoms with Crippen LogP contribution in [0.2, 0.25) is 0 Å². The van der Waals surface area contributed by atoms with Gasteiger partial charge in [-0.25, -0.2) is 9.97 Å². The molecule has 4 N–H and O–H groups in total. The summed E-state index contributed by atoms with van der Waals surface area (Å²) < 4.78 is 15.5. The molecule has 8 nitrogen and oxygen atoms in total. The molecule has 0 saturated carbocycles. The summed E-state index contributed by atoms with van der Waals surface area (Å²) >= 11 is 0. The van der Waals surface area contributed by atoms with Crippen LogP contribution in [-0.2, 0) is 4.74 Å². The molecule has 0 radical (unpaired) electrons. The molecule has 0 aliphatic carbocycles. The third-order valence-corrected chi connectivity index (χ3v) is 4.48. The fourth-order valence-electron chi connectivity index (χ4n) is 3.21. The summed E-state index contributed by atoms with van der Waals surface area (Å²) in [5.74, 6) is 0. The van der Waals surface area contributed by atoms with Crippen molar-refractivity contribution in [2.45, 2.75) is 31.0 Å². The van der Waals surface area contributed by atoms with Gasteiger partial charge >= 0.3 is 0 Å². The Morgan fingerprint density at radius 3 is 3.04 bits per heavy atom. The average molecular weight is 332 g/mol. The second-order valence-corrected chi connectivity index (χ2v) is 6.19. The van der Waals surface area contributed by atoms with Crippen molar-refractivity contribution < 1.29 is 21.4 Å². The lowest BCUT2D eigenvalue weighted by molar-refractivity contribution is -0.0947. The van der Waals surface area contributed by atoms with E-state index in [2.05, 4.69) is 21.5 Å². The zero-order valence-corrected chi connectivity index (χ0v) is 13.0. The molecule has 4 heterocycles. The van der Waals surface area contributed by atoms with Crippen LogP contribution in [-0.4, -0.2) is 59.3 Å². The van der Waals surface area contributed by atoms with Crippen LogP contribution in [0.3, 0.4) is 0 Å². The Morgan fingerprint density at radius 1 is 1.54 bits per heavy atom. The zero-order valence-electron chi connectivity index (χ0n) is 14.0. The van der Waals surface area contributed by atoms with Crippen LogP contribution in [0.25, 0.3) is 28.6 Å². The van der Waals surface area contributed by atoms with Gasteiger partial charge in [0.25, 0.3) is 0 Å². The largest absolute Gasteiger partial charge is 0.394 e. The van der Waals surface area contributed by atoms with Crippen LogP contribution in [0.1, 0.15) is 14.5 Å². The molecule has 1 aliphatic heterocycles. The molecule has 1 aliphatic rings. The van der Waals surface area contributed by atoms with E-state index in [0.717, 1.165) is 0 Å². The third-order valence-electron chi connectivity index (χ3n) is 4.48. The number of H-pyrrole nitrogens is 1. The lowest BCUT2D eigenvalue weighted by Crippen LogP contribution is -2.44. The Balaban J connectivity index is 2.02. The SMILES string of the molecule is [3H]c1cc(=C)[nH]c2ncnc3c2c1cn3[C@@H]1O[C@H](CO)[C@@H](O)C1(C)O. The van der Waals surface area contributed by atoms with Gasteiger partial charge in [-0.2, -0.15) is 0 Å². The highest BCUT2D eigenvalue weighted by Crippen LogP contribution is 2.40. The standard InChI is InChI=1S/C16H18N4O4/c1-8-3-4-9-5-20(14-11(9)13(19-8)17-7-18-14)15-16(2,23)12(22)10(6-21)24-15/h3-5,7,10,12,15,21-23H,1,6H2,2H3,(H,17,18,19)/t10-,12-,15-,16?/m1/s1/i4T. The summed E-state index contributed by atoms with van der Waals surface area (Å²) in [7, 11) is 0. The highest BCUT2D eigenvalue weighted by atomic mass is 16.6. The maximum atomic E-state index is 10.7. The summed E-state index contributed by atoms with van der Waals surface area (Å²) in [6.45, 7) is 4.84. The Morgan fingerprint density at radius 2 is 2.33 bits per heavy atom. The number of ether oxygens (including phenoxy) is 1. The van der Waals surface area contributed by atoms with E-state index < -0.39 is 30.6 Å². The van der Waals surface area contributed by atoms with E-state index in [1.165, 1.54) is 13.3 Å². The first-order valence-electron chi connectivity index (χ1n) is 8.01. The van der Waals surface area contributed by atoms with E-state index in [4.69, 9.17) is 6.11 Å². The minimum atomic E-state index is -1.64. The van der Waals surface area contributed by atoms with E-state index in [1.54, 1.807) is 16.8 Å². The van der Waals surface area contributed by atoms with E-state index >= 15 is 0 Å². The molecule has 0 spiro atoms. The monoisotopic (exact) mass is 332 g/mol. The number of aliphatic hydroxyl groups is 3. The normalized spacial score (nSPS) is 31.0. The predicted molar refractivity (Wildman–Crippen MR) is 86.6 cm³/mol. The van der Waals surface area contributed by atoms with E-state index in [-0.39, 0.29) is 6.04 Å². The summed E-state index contributed by atoms with van der Waals surface area (Å²) in [5.41, 5.74) is -0.704. The number of aromatic amines is 1. The summed E-state index contributed by atoms with van der Waals surface area (Å²) in [6.07, 6.45) is -0.167. The smallest absolute Gasteiger partial charge is 0.167 e. The maximum Gasteiger partial charge on any atom is 0.167 e. The summed E-state index contributed by atoms with van der Waals surface area (Å²) in [5, 5.41) is 32.0. The fourth-order valence-corrected chi connectivity index (χ4v) is 3.21. The van der Waals surface area contributed by atoms with Crippen LogP contribution in [0.15, 0.2) is 24.6 Å². The second kappa shape index (κ2) is 5.12. The third kappa shape index (κ3) is 2.01. The van der Waals surface area contributed by atoms with Gasteiger partial charge in [0, 0.05) is 16.9 Å². The molecule has 8 heteroatoms. The van der Waals surface area contributed by atoms with Crippen molar-refractivity contribution in [3.05, 3.63) is 30.0 Å². The Kier molecular flexibility index (Phi) is 3.01. The van der Waals surface area contributed by atoms with Crippen LogP contribution in [0.5, 0.6) is 0 Å². The van der Waals surface area contributed by atoms with Gasteiger partial charge in [0.05, 0.1) is 13.4 Å². The van der Waals surface area contributed by atoms with Crippen molar-refractivity contribution in [1.82, 2.24) is 19.5 Å². The predicted octanol–water partition coefficient (Wildman–Crippen LogP) is -0.394. The first kappa shape index (κ1) is 14.1.